The highest BCUT2D eigenvalue weighted by atomic mass is 16.2. The number of nitrogens with one attached hydrogen (secondary N) is 2. The van der Waals surface area contributed by atoms with Crippen molar-refractivity contribution in [3.63, 3.8) is 0 Å². The molecule has 0 aliphatic carbocycles. The van der Waals surface area contributed by atoms with Crippen molar-refractivity contribution in [3.05, 3.63) is 66.1 Å². The minimum atomic E-state index is -0.650. The highest BCUT2D eigenvalue weighted by Crippen LogP contribution is 2.23. The lowest BCUT2D eigenvalue weighted by Crippen LogP contribution is -2.41. The number of aryl methyl sites for hydroxylation is 1. The van der Waals surface area contributed by atoms with Crippen LogP contribution in [0.15, 0.2) is 54.7 Å². The van der Waals surface area contributed by atoms with Crippen molar-refractivity contribution in [1.82, 2.24) is 20.2 Å². The Hall–Kier alpha value is -3.32. The predicted octanol–water partition coefficient (Wildman–Crippen LogP) is 2.91. The fourth-order valence-corrected chi connectivity index (χ4v) is 3.98. The number of anilines is 1. The highest BCUT2D eigenvalue weighted by Gasteiger charge is 2.22. The molecule has 4 rings (SSSR count). The SMILES string of the molecule is Cc1cc(NC(=O)C(=O)NCC2CCN(Cc3ccccn3)CC2)c2ccccc2n1. The van der Waals surface area contributed by atoms with Crippen LogP contribution in [0.4, 0.5) is 5.69 Å². The second kappa shape index (κ2) is 9.66. The summed E-state index contributed by atoms with van der Waals surface area (Å²) in [5.41, 5.74) is 3.25. The number of carbonyl (C=O) groups excluding carboxylic acids is 2. The summed E-state index contributed by atoms with van der Waals surface area (Å²) in [6.45, 7) is 5.15. The molecule has 7 nitrogen and oxygen atoms in total. The van der Waals surface area contributed by atoms with Gasteiger partial charge in [-0.15, -0.1) is 0 Å². The van der Waals surface area contributed by atoms with Gasteiger partial charge in [-0.25, -0.2) is 0 Å². The van der Waals surface area contributed by atoms with Crippen molar-refractivity contribution in [1.29, 1.82) is 0 Å². The van der Waals surface area contributed by atoms with Crippen LogP contribution < -0.4 is 10.6 Å². The Balaban J connectivity index is 1.26. The first-order chi connectivity index (χ1) is 15.1. The molecule has 0 saturated carbocycles. The Labute approximate surface area is 181 Å². The second-order valence-electron chi connectivity index (χ2n) is 8.03. The maximum absolute atomic E-state index is 12.4. The number of benzene rings is 1. The number of para-hydroxylation sites is 1. The molecule has 160 valence electrons. The molecule has 2 N–H and O–H groups in total. The monoisotopic (exact) mass is 417 g/mol. The summed E-state index contributed by atoms with van der Waals surface area (Å²) in [5.74, 6) is -0.876. The van der Waals surface area contributed by atoms with E-state index in [1.807, 2.05) is 55.6 Å². The molecular formula is C24H27N5O2. The van der Waals surface area contributed by atoms with Crippen LogP contribution in [0.25, 0.3) is 10.9 Å². The average Bonchev–Trinajstić information content (AvgIpc) is 2.79. The lowest BCUT2D eigenvalue weighted by molar-refractivity contribution is -0.136. The van der Waals surface area contributed by atoms with E-state index in [9.17, 15) is 9.59 Å². The van der Waals surface area contributed by atoms with Crippen LogP contribution >= 0.6 is 0 Å². The van der Waals surface area contributed by atoms with Crippen molar-refractivity contribution in [2.24, 2.45) is 5.92 Å². The number of aromatic nitrogens is 2. The molecule has 0 spiro atoms. The quantitative estimate of drug-likeness (QED) is 0.624. The molecule has 0 unspecified atom stereocenters. The number of hydrogen-bond donors (Lipinski definition) is 2. The van der Waals surface area contributed by atoms with Gasteiger partial charge >= 0.3 is 11.8 Å². The smallest absolute Gasteiger partial charge is 0.313 e. The van der Waals surface area contributed by atoms with Crippen LogP contribution in [0, 0.1) is 12.8 Å². The zero-order valence-corrected chi connectivity index (χ0v) is 17.7. The molecule has 3 aromatic rings. The third-order valence-corrected chi connectivity index (χ3v) is 5.67. The first-order valence-corrected chi connectivity index (χ1v) is 10.7. The number of rotatable bonds is 5. The fourth-order valence-electron chi connectivity index (χ4n) is 3.98. The van der Waals surface area contributed by atoms with Crippen LogP contribution in [-0.2, 0) is 16.1 Å². The first-order valence-electron chi connectivity index (χ1n) is 10.7. The van der Waals surface area contributed by atoms with Crippen LogP contribution in [0.2, 0.25) is 0 Å². The van der Waals surface area contributed by atoms with Crippen molar-refractivity contribution in [2.45, 2.75) is 26.3 Å². The predicted molar refractivity (Wildman–Crippen MR) is 120 cm³/mol. The summed E-state index contributed by atoms with van der Waals surface area (Å²) in [4.78, 5) is 36.0. The summed E-state index contributed by atoms with van der Waals surface area (Å²) < 4.78 is 0. The molecule has 1 aliphatic rings. The van der Waals surface area contributed by atoms with E-state index in [0.29, 0.717) is 18.2 Å². The molecule has 0 atom stereocenters. The van der Waals surface area contributed by atoms with E-state index in [0.717, 1.165) is 54.8 Å². The van der Waals surface area contributed by atoms with Crippen molar-refractivity contribution in [2.75, 3.05) is 25.0 Å². The number of amides is 2. The van der Waals surface area contributed by atoms with Crippen molar-refractivity contribution in [3.8, 4) is 0 Å². The largest absolute Gasteiger partial charge is 0.348 e. The molecule has 2 aromatic heterocycles. The summed E-state index contributed by atoms with van der Waals surface area (Å²) in [6, 6.07) is 15.3. The van der Waals surface area contributed by atoms with Gasteiger partial charge in [0.25, 0.3) is 0 Å². The zero-order valence-electron chi connectivity index (χ0n) is 17.7. The molecule has 2 amide bonds. The molecule has 0 radical (unpaired) electrons. The minimum absolute atomic E-state index is 0.376. The van der Waals surface area contributed by atoms with E-state index >= 15 is 0 Å². The topological polar surface area (TPSA) is 87.2 Å². The minimum Gasteiger partial charge on any atom is -0.348 e. The van der Waals surface area contributed by atoms with E-state index in [4.69, 9.17) is 0 Å². The number of fused-ring (bicyclic) bond motifs is 1. The highest BCUT2D eigenvalue weighted by molar-refractivity contribution is 6.40. The number of carbonyl (C=O) groups is 2. The van der Waals surface area contributed by atoms with Gasteiger partial charge in [-0.1, -0.05) is 24.3 Å². The number of likely N-dealkylation sites (tertiary alicyclic amines) is 1. The van der Waals surface area contributed by atoms with Gasteiger partial charge in [0.15, 0.2) is 0 Å². The van der Waals surface area contributed by atoms with Crippen LogP contribution in [0.5, 0.6) is 0 Å². The van der Waals surface area contributed by atoms with Crippen LogP contribution in [0.1, 0.15) is 24.2 Å². The Morgan fingerprint density at radius 1 is 1.06 bits per heavy atom. The fraction of sp³-hybridized carbons (Fsp3) is 0.333. The Kier molecular flexibility index (Phi) is 6.52. The summed E-state index contributed by atoms with van der Waals surface area (Å²) in [7, 11) is 0. The second-order valence-corrected chi connectivity index (χ2v) is 8.03. The Morgan fingerprint density at radius 2 is 1.84 bits per heavy atom. The van der Waals surface area contributed by atoms with Gasteiger partial charge < -0.3 is 10.6 Å². The Morgan fingerprint density at radius 3 is 2.61 bits per heavy atom. The number of nitrogens with zero attached hydrogens (tertiary/aromatic N) is 3. The number of piperidine rings is 1. The zero-order chi connectivity index (χ0) is 21.6. The molecule has 1 aromatic carbocycles. The molecule has 7 heteroatoms. The summed E-state index contributed by atoms with van der Waals surface area (Å²) in [6.07, 6.45) is 3.80. The van der Waals surface area contributed by atoms with E-state index in [2.05, 4.69) is 25.5 Å². The number of pyridine rings is 2. The maximum Gasteiger partial charge on any atom is 0.313 e. The molecule has 1 fully saturated rings. The molecule has 1 aliphatic heterocycles. The molecule has 31 heavy (non-hydrogen) atoms. The lowest BCUT2D eigenvalue weighted by Gasteiger charge is -2.31. The van der Waals surface area contributed by atoms with E-state index in [-0.39, 0.29) is 0 Å². The van der Waals surface area contributed by atoms with E-state index in [1.165, 1.54) is 0 Å². The van der Waals surface area contributed by atoms with Gasteiger partial charge in [-0.2, -0.15) is 0 Å². The van der Waals surface area contributed by atoms with Gasteiger partial charge in [-0.05, 0) is 63.0 Å². The summed E-state index contributed by atoms with van der Waals surface area (Å²) >= 11 is 0. The maximum atomic E-state index is 12.4. The first kappa shape index (κ1) is 20.9. The molecule has 1 saturated heterocycles. The van der Waals surface area contributed by atoms with Gasteiger partial charge in [0, 0.05) is 30.4 Å². The Bertz CT molecular complexity index is 1060. The number of hydrogen-bond acceptors (Lipinski definition) is 5. The van der Waals surface area contributed by atoms with Gasteiger partial charge in [0.1, 0.15) is 0 Å². The van der Waals surface area contributed by atoms with Crippen LogP contribution in [0.3, 0.4) is 0 Å². The summed E-state index contributed by atoms with van der Waals surface area (Å²) in [5, 5.41) is 6.36. The van der Waals surface area contributed by atoms with E-state index in [1.54, 1.807) is 6.07 Å². The van der Waals surface area contributed by atoms with Crippen molar-refractivity contribution < 1.29 is 9.59 Å². The normalized spacial score (nSPS) is 15.0. The molecule has 0 bridgehead atoms. The van der Waals surface area contributed by atoms with Crippen LogP contribution in [-0.4, -0.2) is 46.3 Å². The average molecular weight is 418 g/mol. The standard InChI is InChI=1S/C24H27N5O2/c1-17-14-22(20-7-2-3-8-21(20)27-17)28-24(31)23(30)26-15-18-9-12-29(13-10-18)16-19-6-4-5-11-25-19/h2-8,11,14,18H,9-10,12-13,15-16H2,1H3,(H,26,30)(H,27,28,31). The van der Waals surface area contributed by atoms with Gasteiger partial charge in [0.2, 0.25) is 0 Å². The third kappa shape index (κ3) is 5.44. The lowest BCUT2D eigenvalue weighted by atomic mass is 9.96. The molecule has 3 heterocycles. The van der Waals surface area contributed by atoms with Gasteiger partial charge in [0.05, 0.1) is 16.9 Å². The van der Waals surface area contributed by atoms with Gasteiger partial charge in [-0.3, -0.25) is 24.5 Å². The van der Waals surface area contributed by atoms with E-state index < -0.39 is 11.8 Å². The third-order valence-electron chi connectivity index (χ3n) is 5.67. The van der Waals surface area contributed by atoms with Crippen molar-refractivity contribution >= 4 is 28.4 Å². The molecular weight excluding hydrogens is 390 g/mol.